The lowest BCUT2D eigenvalue weighted by Crippen LogP contribution is -2.40. The molecule has 0 fully saturated rings. The van der Waals surface area contributed by atoms with Crippen LogP contribution in [-0.2, 0) is 22.4 Å². The first-order valence-electron chi connectivity index (χ1n) is 6.68. The van der Waals surface area contributed by atoms with Crippen molar-refractivity contribution in [1.29, 1.82) is 0 Å². The zero-order valence-corrected chi connectivity index (χ0v) is 12.0. The lowest BCUT2D eigenvalue weighted by Gasteiger charge is -2.17. The maximum atomic E-state index is 12.1. The number of hydrogen-bond acceptors (Lipinski definition) is 2. The van der Waals surface area contributed by atoms with Crippen LogP contribution >= 0.6 is 0 Å². The Morgan fingerprint density at radius 3 is 2.11 bits per heavy atom. The van der Waals surface area contributed by atoms with Gasteiger partial charge in [0.15, 0.2) is 0 Å². The van der Waals surface area contributed by atoms with E-state index in [1.54, 1.807) is 6.92 Å². The van der Waals surface area contributed by atoms with Crippen molar-refractivity contribution in [2.45, 2.75) is 46.6 Å². The largest absolute Gasteiger partial charge is 0.345 e. The van der Waals surface area contributed by atoms with Gasteiger partial charge in [-0.2, -0.15) is 0 Å². The highest BCUT2D eigenvalue weighted by Gasteiger charge is 2.16. The smallest absolute Gasteiger partial charge is 0.246 e. The summed E-state index contributed by atoms with van der Waals surface area (Å²) in [6.07, 6.45) is 1.72. The number of aryl methyl sites for hydroxylation is 2. The molecule has 1 atom stereocenters. The van der Waals surface area contributed by atoms with E-state index in [4.69, 9.17) is 0 Å². The molecule has 0 unspecified atom stereocenters. The Morgan fingerprint density at radius 1 is 1.16 bits per heavy atom. The van der Waals surface area contributed by atoms with Crippen molar-refractivity contribution in [3.05, 3.63) is 29.3 Å². The van der Waals surface area contributed by atoms with Gasteiger partial charge in [-0.15, -0.1) is 0 Å². The van der Waals surface area contributed by atoms with Crippen LogP contribution in [-0.4, -0.2) is 17.9 Å². The molecule has 0 spiro atoms. The summed E-state index contributed by atoms with van der Waals surface area (Å²) in [5, 5.41) is 5.52. The van der Waals surface area contributed by atoms with Crippen LogP contribution in [0.15, 0.2) is 18.2 Å². The first kappa shape index (κ1) is 15.2. The summed E-state index contributed by atoms with van der Waals surface area (Å²) in [6.45, 7) is 7.20. The topological polar surface area (TPSA) is 58.2 Å². The van der Waals surface area contributed by atoms with Gasteiger partial charge >= 0.3 is 0 Å². The Kier molecular flexibility index (Phi) is 5.55. The zero-order chi connectivity index (χ0) is 14.4. The minimum atomic E-state index is -0.535. The second kappa shape index (κ2) is 6.92. The quantitative estimate of drug-likeness (QED) is 0.855. The van der Waals surface area contributed by atoms with Crippen molar-refractivity contribution in [3.63, 3.8) is 0 Å². The molecule has 0 radical (unpaired) electrons. The van der Waals surface area contributed by atoms with Gasteiger partial charge in [0, 0.05) is 12.6 Å². The van der Waals surface area contributed by atoms with E-state index in [-0.39, 0.29) is 11.8 Å². The fraction of sp³-hybridized carbons (Fsp3) is 0.467. The highest BCUT2D eigenvalue weighted by atomic mass is 16.2. The maximum Gasteiger partial charge on any atom is 0.246 e. The molecule has 1 rings (SSSR count). The van der Waals surface area contributed by atoms with Crippen LogP contribution in [0.1, 0.15) is 38.8 Å². The molecule has 1 aromatic rings. The number of rotatable bonds is 5. The zero-order valence-electron chi connectivity index (χ0n) is 12.0. The van der Waals surface area contributed by atoms with Crippen molar-refractivity contribution in [2.24, 2.45) is 0 Å². The summed E-state index contributed by atoms with van der Waals surface area (Å²) in [4.78, 5) is 23.0. The first-order valence-corrected chi connectivity index (χ1v) is 6.68. The molecular formula is C15H22N2O2. The van der Waals surface area contributed by atoms with Crippen molar-refractivity contribution >= 4 is 17.5 Å². The fourth-order valence-electron chi connectivity index (χ4n) is 2.01. The molecule has 2 amide bonds. The summed E-state index contributed by atoms with van der Waals surface area (Å²) in [7, 11) is 0. The SMILES string of the molecule is CCc1cccc(CC)c1NC(=O)[C@H](C)NC(C)=O. The van der Waals surface area contributed by atoms with E-state index < -0.39 is 6.04 Å². The van der Waals surface area contributed by atoms with E-state index in [9.17, 15) is 9.59 Å². The van der Waals surface area contributed by atoms with Crippen LogP contribution < -0.4 is 10.6 Å². The molecule has 0 bridgehead atoms. The number of benzene rings is 1. The molecule has 0 heterocycles. The highest BCUT2D eigenvalue weighted by Crippen LogP contribution is 2.22. The lowest BCUT2D eigenvalue weighted by atomic mass is 10.0. The van der Waals surface area contributed by atoms with E-state index >= 15 is 0 Å². The van der Waals surface area contributed by atoms with Gasteiger partial charge < -0.3 is 10.6 Å². The third-order valence-corrected chi connectivity index (χ3v) is 3.06. The molecule has 0 aliphatic heterocycles. The third kappa shape index (κ3) is 4.09. The number of carbonyl (C=O) groups is 2. The number of anilines is 1. The Balaban J connectivity index is 2.92. The van der Waals surface area contributed by atoms with E-state index in [1.165, 1.54) is 6.92 Å². The normalized spacial score (nSPS) is 11.8. The van der Waals surface area contributed by atoms with E-state index in [0.29, 0.717) is 0 Å². The predicted octanol–water partition coefficient (Wildman–Crippen LogP) is 2.27. The summed E-state index contributed by atoms with van der Waals surface area (Å²) < 4.78 is 0. The van der Waals surface area contributed by atoms with Gasteiger partial charge in [-0.05, 0) is 30.9 Å². The number of amides is 2. The molecule has 4 nitrogen and oxygen atoms in total. The molecule has 0 aliphatic carbocycles. The van der Waals surface area contributed by atoms with E-state index in [0.717, 1.165) is 29.7 Å². The number of carbonyl (C=O) groups excluding carboxylic acids is 2. The van der Waals surface area contributed by atoms with Crippen LogP contribution in [0.5, 0.6) is 0 Å². The Hall–Kier alpha value is -1.84. The van der Waals surface area contributed by atoms with E-state index in [2.05, 4.69) is 24.5 Å². The van der Waals surface area contributed by atoms with Crippen LogP contribution in [0.25, 0.3) is 0 Å². The average molecular weight is 262 g/mol. The minimum Gasteiger partial charge on any atom is -0.345 e. The Bertz CT molecular complexity index is 447. The summed E-state index contributed by atoms with van der Waals surface area (Å²) in [5.74, 6) is -0.395. The molecular weight excluding hydrogens is 240 g/mol. The molecule has 104 valence electrons. The lowest BCUT2D eigenvalue weighted by molar-refractivity contribution is -0.124. The summed E-state index contributed by atoms with van der Waals surface area (Å²) in [6, 6.07) is 5.49. The number of nitrogens with one attached hydrogen (secondary N) is 2. The van der Waals surface area contributed by atoms with Gasteiger partial charge in [-0.3, -0.25) is 9.59 Å². The van der Waals surface area contributed by atoms with Crippen LogP contribution in [0.2, 0.25) is 0 Å². The van der Waals surface area contributed by atoms with Crippen molar-refractivity contribution in [2.75, 3.05) is 5.32 Å². The van der Waals surface area contributed by atoms with Gasteiger partial charge in [0.1, 0.15) is 6.04 Å². The molecule has 0 saturated carbocycles. The van der Waals surface area contributed by atoms with E-state index in [1.807, 2.05) is 18.2 Å². The molecule has 1 aromatic carbocycles. The van der Waals surface area contributed by atoms with Gasteiger partial charge in [-0.1, -0.05) is 32.0 Å². The minimum absolute atomic E-state index is 0.189. The molecule has 2 N–H and O–H groups in total. The summed E-state index contributed by atoms with van der Waals surface area (Å²) >= 11 is 0. The first-order chi connectivity index (χ1) is 8.99. The number of para-hydroxylation sites is 1. The number of hydrogen-bond donors (Lipinski definition) is 2. The standard InChI is InChI=1S/C15H22N2O2/c1-5-12-8-7-9-13(6-2)14(12)17-15(19)10(3)16-11(4)18/h7-10H,5-6H2,1-4H3,(H,16,18)(H,17,19)/t10-/m0/s1. The fourth-order valence-corrected chi connectivity index (χ4v) is 2.01. The predicted molar refractivity (Wildman–Crippen MR) is 77.1 cm³/mol. The molecule has 0 aromatic heterocycles. The average Bonchev–Trinajstić information content (AvgIpc) is 2.37. The third-order valence-electron chi connectivity index (χ3n) is 3.06. The van der Waals surface area contributed by atoms with Gasteiger partial charge in [-0.25, -0.2) is 0 Å². The second-order valence-electron chi connectivity index (χ2n) is 4.57. The van der Waals surface area contributed by atoms with Crippen LogP contribution in [0, 0.1) is 0 Å². The van der Waals surface area contributed by atoms with Crippen molar-refractivity contribution < 1.29 is 9.59 Å². The van der Waals surface area contributed by atoms with Crippen LogP contribution in [0.4, 0.5) is 5.69 Å². The molecule has 0 aliphatic rings. The van der Waals surface area contributed by atoms with Crippen molar-refractivity contribution in [1.82, 2.24) is 5.32 Å². The van der Waals surface area contributed by atoms with Gasteiger partial charge in [0.2, 0.25) is 11.8 Å². The Labute approximate surface area is 114 Å². The molecule has 4 heteroatoms. The monoisotopic (exact) mass is 262 g/mol. The van der Waals surface area contributed by atoms with Crippen LogP contribution in [0.3, 0.4) is 0 Å². The van der Waals surface area contributed by atoms with Gasteiger partial charge in [0.25, 0.3) is 0 Å². The Morgan fingerprint density at radius 2 is 1.68 bits per heavy atom. The highest BCUT2D eigenvalue weighted by molar-refractivity contribution is 5.97. The maximum absolute atomic E-state index is 12.1. The van der Waals surface area contributed by atoms with Gasteiger partial charge in [0.05, 0.1) is 0 Å². The van der Waals surface area contributed by atoms with Crippen molar-refractivity contribution in [3.8, 4) is 0 Å². The molecule has 0 saturated heterocycles. The summed E-state index contributed by atoms with van der Waals surface area (Å²) in [5.41, 5.74) is 3.11. The second-order valence-corrected chi connectivity index (χ2v) is 4.57. The molecule has 19 heavy (non-hydrogen) atoms.